The summed E-state index contributed by atoms with van der Waals surface area (Å²) in [6.45, 7) is 5.32. The first-order chi connectivity index (χ1) is 13.1. The van der Waals surface area contributed by atoms with Crippen molar-refractivity contribution in [3.05, 3.63) is 41.9 Å². The molecule has 0 unspecified atom stereocenters. The molecule has 1 fully saturated rings. The van der Waals surface area contributed by atoms with E-state index in [4.69, 9.17) is 0 Å². The zero-order chi connectivity index (χ0) is 18.8. The summed E-state index contributed by atoms with van der Waals surface area (Å²) in [5, 5.41) is 5.69. The molecule has 2 aliphatic rings. The molecule has 8 nitrogen and oxygen atoms in total. The van der Waals surface area contributed by atoms with Crippen molar-refractivity contribution >= 4 is 23.3 Å². The fraction of sp³-hybridized carbons (Fsp3) is 0.421. The topological polar surface area (TPSA) is 82.5 Å². The maximum Gasteiger partial charge on any atom is 0.267 e. The van der Waals surface area contributed by atoms with Crippen LogP contribution in [0.5, 0.6) is 0 Å². The quantitative estimate of drug-likeness (QED) is 0.845. The number of aryl methyl sites for hydroxylation is 1. The zero-order valence-corrected chi connectivity index (χ0v) is 15.4. The molecule has 0 spiro atoms. The molecule has 4 heterocycles. The number of fused-ring (bicyclic) bond motifs is 1. The summed E-state index contributed by atoms with van der Waals surface area (Å²) in [6.07, 6.45) is 4.30. The van der Waals surface area contributed by atoms with E-state index < -0.39 is 0 Å². The van der Waals surface area contributed by atoms with Crippen molar-refractivity contribution in [2.24, 2.45) is 0 Å². The van der Waals surface area contributed by atoms with Crippen LogP contribution < -0.4 is 15.5 Å². The van der Waals surface area contributed by atoms with Gasteiger partial charge in [0.25, 0.3) is 11.8 Å². The van der Waals surface area contributed by atoms with Crippen LogP contribution in [0.1, 0.15) is 27.3 Å². The van der Waals surface area contributed by atoms with Gasteiger partial charge in [0.2, 0.25) is 0 Å². The van der Waals surface area contributed by atoms with Crippen LogP contribution in [0.4, 0.5) is 11.5 Å². The van der Waals surface area contributed by atoms with E-state index in [1.807, 2.05) is 16.7 Å². The number of likely N-dealkylation sites (N-methyl/N-ethyl adjacent to an activating group) is 1. The average molecular weight is 368 g/mol. The van der Waals surface area contributed by atoms with Gasteiger partial charge in [-0.05, 0) is 25.6 Å². The van der Waals surface area contributed by atoms with Crippen LogP contribution in [-0.4, -0.2) is 66.0 Å². The van der Waals surface area contributed by atoms with E-state index in [0.717, 1.165) is 44.8 Å². The zero-order valence-electron chi connectivity index (χ0n) is 15.4. The van der Waals surface area contributed by atoms with Gasteiger partial charge in [-0.3, -0.25) is 9.59 Å². The van der Waals surface area contributed by atoms with Crippen LogP contribution in [0.25, 0.3) is 0 Å². The molecule has 2 amide bonds. The molecule has 0 aliphatic carbocycles. The normalized spacial score (nSPS) is 17.8. The van der Waals surface area contributed by atoms with E-state index in [1.165, 1.54) is 0 Å². The van der Waals surface area contributed by atoms with Crippen molar-refractivity contribution in [2.45, 2.75) is 13.0 Å². The highest BCUT2D eigenvalue weighted by atomic mass is 16.2. The van der Waals surface area contributed by atoms with Gasteiger partial charge in [-0.15, -0.1) is 0 Å². The lowest BCUT2D eigenvalue weighted by atomic mass is 10.2. The minimum atomic E-state index is -0.258. The van der Waals surface area contributed by atoms with Crippen molar-refractivity contribution in [3.8, 4) is 0 Å². The number of hydrogen-bond acceptors (Lipinski definition) is 5. The van der Waals surface area contributed by atoms with E-state index in [1.54, 1.807) is 18.5 Å². The monoisotopic (exact) mass is 368 g/mol. The number of piperazine rings is 1. The predicted molar refractivity (Wildman–Crippen MR) is 103 cm³/mol. The lowest BCUT2D eigenvalue weighted by Gasteiger charge is -2.34. The number of carbonyl (C=O) groups excluding carboxylic acids is 2. The van der Waals surface area contributed by atoms with Crippen molar-refractivity contribution < 1.29 is 9.59 Å². The van der Waals surface area contributed by atoms with Gasteiger partial charge in [-0.25, -0.2) is 4.98 Å². The third-order valence-electron chi connectivity index (χ3n) is 5.11. The summed E-state index contributed by atoms with van der Waals surface area (Å²) in [4.78, 5) is 33.6. The Morgan fingerprint density at radius 3 is 2.81 bits per heavy atom. The van der Waals surface area contributed by atoms with Crippen LogP contribution >= 0.6 is 0 Å². The summed E-state index contributed by atoms with van der Waals surface area (Å²) in [7, 11) is 2.12. The molecule has 142 valence electrons. The highest BCUT2D eigenvalue weighted by Gasteiger charge is 2.20. The van der Waals surface area contributed by atoms with Gasteiger partial charge in [-0.1, -0.05) is 0 Å². The Bertz CT molecular complexity index is 854. The molecule has 2 aliphatic heterocycles. The molecule has 0 radical (unpaired) electrons. The molecule has 0 aromatic carbocycles. The molecule has 1 saturated heterocycles. The number of carbonyl (C=O) groups is 2. The van der Waals surface area contributed by atoms with Crippen LogP contribution in [0.3, 0.4) is 0 Å². The summed E-state index contributed by atoms with van der Waals surface area (Å²) in [5.74, 6) is 0.121. The number of amides is 2. The van der Waals surface area contributed by atoms with Gasteiger partial charge in [0, 0.05) is 63.4 Å². The fourth-order valence-electron chi connectivity index (χ4n) is 3.49. The van der Waals surface area contributed by atoms with Gasteiger partial charge < -0.3 is 25.0 Å². The van der Waals surface area contributed by atoms with E-state index in [0.29, 0.717) is 23.6 Å². The maximum atomic E-state index is 12.6. The second-order valence-corrected chi connectivity index (χ2v) is 7.06. The van der Waals surface area contributed by atoms with Gasteiger partial charge >= 0.3 is 0 Å². The largest absolute Gasteiger partial charge is 0.369 e. The van der Waals surface area contributed by atoms with Crippen LogP contribution in [0.2, 0.25) is 0 Å². The number of anilines is 2. The molecule has 0 bridgehead atoms. The second kappa shape index (κ2) is 7.40. The summed E-state index contributed by atoms with van der Waals surface area (Å²) in [6, 6.07) is 5.50. The highest BCUT2D eigenvalue weighted by Crippen LogP contribution is 2.20. The Morgan fingerprint density at radius 1 is 1.19 bits per heavy atom. The van der Waals surface area contributed by atoms with Crippen molar-refractivity contribution in [1.29, 1.82) is 0 Å². The summed E-state index contributed by atoms with van der Waals surface area (Å²) in [5.41, 5.74) is 2.05. The number of pyridine rings is 1. The molecular formula is C19H24N6O2. The number of nitrogens with one attached hydrogen (secondary N) is 2. The molecule has 0 saturated carbocycles. The van der Waals surface area contributed by atoms with Crippen molar-refractivity contribution in [1.82, 2.24) is 19.8 Å². The van der Waals surface area contributed by atoms with Crippen LogP contribution in [0, 0.1) is 0 Å². The van der Waals surface area contributed by atoms with E-state index in [-0.39, 0.29) is 11.8 Å². The Labute approximate surface area is 158 Å². The minimum absolute atomic E-state index is 0.137. The minimum Gasteiger partial charge on any atom is -0.369 e. The first kappa shape index (κ1) is 17.5. The van der Waals surface area contributed by atoms with Crippen LogP contribution in [-0.2, 0) is 6.54 Å². The third kappa shape index (κ3) is 3.80. The lowest BCUT2D eigenvalue weighted by Crippen LogP contribution is -2.44. The lowest BCUT2D eigenvalue weighted by molar-refractivity contribution is 0.0951. The van der Waals surface area contributed by atoms with Crippen LogP contribution in [0.15, 0.2) is 30.6 Å². The Kier molecular flexibility index (Phi) is 4.81. The van der Waals surface area contributed by atoms with E-state index in [9.17, 15) is 9.59 Å². The Morgan fingerprint density at radius 2 is 2.00 bits per heavy atom. The summed E-state index contributed by atoms with van der Waals surface area (Å²) >= 11 is 0. The molecule has 2 N–H and O–H groups in total. The Balaban J connectivity index is 1.48. The van der Waals surface area contributed by atoms with Gasteiger partial charge in [0.15, 0.2) is 0 Å². The number of nitrogens with zero attached hydrogens (tertiary/aromatic N) is 4. The SMILES string of the molecule is CN1CCN(c2ccnc(NC(=O)c3cc4n(c3)CCCNC4=O)c2)CC1. The molecule has 4 rings (SSSR count). The van der Waals surface area contributed by atoms with E-state index >= 15 is 0 Å². The molecule has 27 heavy (non-hydrogen) atoms. The molecular weight excluding hydrogens is 344 g/mol. The molecule has 2 aromatic heterocycles. The third-order valence-corrected chi connectivity index (χ3v) is 5.11. The number of aromatic nitrogens is 2. The standard InChI is InChI=1S/C19H24N6O2/c1-23-7-9-24(10-8-23)15-3-5-20-17(12-15)22-18(26)14-11-16-19(27)21-4-2-6-25(16)13-14/h3,5,11-13H,2,4,6-10H2,1H3,(H,21,27)(H,20,22,26). The Hall–Kier alpha value is -2.87. The first-order valence-electron chi connectivity index (χ1n) is 9.29. The average Bonchev–Trinajstić information content (AvgIpc) is 3.03. The van der Waals surface area contributed by atoms with Gasteiger partial charge in [0.05, 0.1) is 5.56 Å². The van der Waals surface area contributed by atoms with Crippen molar-refractivity contribution in [2.75, 3.05) is 50.0 Å². The first-order valence-corrected chi connectivity index (χ1v) is 9.29. The summed E-state index contributed by atoms with van der Waals surface area (Å²) < 4.78 is 1.84. The number of rotatable bonds is 3. The molecule has 8 heteroatoms. The van der Waals surface area contributed by atoms with Crippen molar-refractivity contribution in [3.63, 3.8) is 0 Å². The van der Waals surface area contributed by atoms with E-state index in [2.05, 4.69) is 32.5 Å². The predicted octanol–water partition coefficient (Wildman–Crippen LogP) is 1.02. The molecule has 0 atom stereocenters. The fourth-order valence-corrected chi connectivity index (χ4v) is 3.49. The van der Waals surface area contributed by atoms with Gasteiger partial charge in [-0.2, -0.15) is 0 Å². The highest BCUT2D eigenvalue weighted by molar-refractivity contribution is 6.06. The second-order valence-electron chi connectivity index (χ2n) is 7.06. The smallest absolute Gasteiger partial charge is 0.267 e. The maximum absolute atomic E-state index is 12.6. The molecule has 2 aromatic rings. The number of hydrogen-bond donors (Lipinski definition) is 2. The van der Waals surface area contributed by atoms with Gasteiger partial charge in [0.1, 0.15) is 11.5 Å².